The molecule has 0 N–H and O–H groups in total. The Morgan fingerprint density at radius 1 is 1.21 bits per heavy atom. The lowest BCUT2D eigenvalue weighted by molar-refractivity contribution is -0.137. The number of hydrogen-bond donors (Lipinski definition) is 0. The molecule has 3 aromatic rings. The highest BCUT2D eigenvalue weighted by atomic mass is 35.5. The molecule has 182 valence electrons. The molecule has 0 atom stereocenters. The third kappa shape index (κ3) is 5.41. The average molecular weight is 496 g/mol. The SMILES string of the molecule is CC(C)(C)OC(=O)N(Cc1cccn2ccnc12)C1CC(Oc2ccc(C(F)(F)F)cc2Cl)C1. The molecule has 1 aromatic carbocycles. The number of hydrogen-bond acceptors (Lipinski definition) is 4. The summed E-state index contributed by atoms with van der Waals surface area (Å²) in [6, 6.07) is 6.65. The maximum absolute atomic E-state index is 13.0. The topological polar surface area (TPSA) is 56.1 Å². The van der Waals surface area contributed by atoms with E-state index in [4.69, 9.17) is 21.1 Å². The van der Waals surface area contributed by atoms with E-state index in [0.29, 0.717) is 19.4 Å². The number of amides is 1. The quantitative estimate of drug-likeness (QED) is 0.413. The number of fused-ring (bicyclic) bond motifs is 1. The summed E-state index contributed by atoms with van der Waals surface area (Å²) in [5.41, 5.74) is 0.121. The molecule has 0 aliphatic heterocycles. The van der Waals surface area contributed by atoms with Crippen LogP contribution in [0.4, 0.5) is 18.0 Å². The second-order valence-corrected chi connectivity index (χ2v) is 9.72. The molecule has 0 unspecified atom stereocenters. The van der Waals surface area contributed by atoms with E-state index in [1.807, 2.05) is 28.9 Å². The molecule has 0 bridgehead atoms. The van der Waals surface area contributed by atoms with Crippen molar-refractivity contribution in [3.63, 3.8) is 0 Å². The van der Waals surface area contributed by atoms with Crippen LogP contribution < -0.4 is 4.74 Å². The molecule has 1 saturated carbocycles. The van der Waals surface area contributed by atoms with Gasteiger partial charge in [0.2, 0.25) is 0 Å². The lowest BCUT2D eigenvalue weighted by Crippen LogP contribution is -2.52. The number of ether oxygens (including phenoxy) is 2. The van der Waals surface area contributed by atoms with E-state index in [1.54, 1.807) is 31.9 Å². The van der Waals surface area contributed by atoms with Gasteiger partial charge in [0.05, 0.1) is 17.1 Å². The minimum Gasteiger partial charge on any atom is -0.489 e. The van der Waals surface area contributed by atoms with E-state index in [2.05, 4.69) is 4.98 Å². The zero-order chi connectivity index (χ0) is 24.7. The summed E-state index contributed by atoms with van der Waals surface area (Å²) in [7, 11) is 0. The first-order valence-corrected chi connectivity index (χ1v) is 11.2. The normalized spacial score (nSPS) is 18.4. The number of pyridine rings is 1. The number of alkyl halides is 3. The molecule has 1 aliphatic carbocycles. The largest absolute Gasteiger partial charge is 0.489 e. The van der Waals surface area contributed by atoms with Crippen molar-refractivity contribution in [2.45, 2.75) is 64.1 Å². The van der Waals surface area contributed by atoms with Gasteiger partial charge in [-0.15, -0.1) is 0 Å². The third-order valence-corrected chi connectivity index (χ3v) is 5.83. The summed E-state index contributed by atoms with van der Waals surface area (Å²) in [6.07, 6.45) is 1.18. The van der Waals surface area contributed by atoms with Gasteiger partial charge in [-0.3, -0.25) is 0 Å². The Labute approximate surface area is 200 Å². The van der Waals surface area contributed by atoms with E-state index >= 15 is 0 Å². The average Bonchev–Trinajstić information content (AvgIpc) is 3.17. The fourth-order valence-electron chi connectivity index (χ4n) is 3.82. The van der Waals surface area contributed by atoms with Crippen molar-refractivity contribution in [3.8, 4) is 5.75 Å². The fraction of sp³-hybridized carbons (Fsp3) is 0.417. The number of benzene rings is 1. The highest BCUT2D eigenvalue weighted by Crippen LogP contribution is 2.38. The molecule has 0 spiro atoms. The van der Waals surface area contributed by atoms with Gasteiger partial charge in [-0.05, 0) is 45.0 Å². The molecule has 0 saturated heterocycles. The lowest BCUT2D eigenvalue weighted by atomic mass is 9.87. The zero-order valence-electron chi connectivity index (χ0n) is 19.0. The van der Waals surface area contributed by atoms with Crippen LogP contribution in [0.25, 0.3) is 5.65 Å². The van der Waals surface area contributed by atoms with Crippen molar-refractivity contribution in [2.24, 2.45) is 0 Å². The highest BCUT2D eigenvalue weighted by molar-refractivity contribution is 6.32. The second kappa shape index (κ2) is 9.02. The lowest BCUT2D eigenvalue weighted by Gasteiger charge is -2.43. The van der Waals surface area contributed by atoms with Gasteiger partial charge in [0.25, 0.3) is 0 Å². The summed E-state index contributed by atoms with van der Waals surface area (Å²) < 4.78 is 52.0. The van der Waals surface area contributed by atoms with Crippen LogP contribution in [0.2, 0.25) is 5.02 Å². The molecular formula is C24H25ClF3N3O3. The number of aromatic nitrogens is 2. The Hall–Kier alpha value is -2.94. The number of halogens is 4. The minimum absolute atomic E-state index is 0.103. The van der Waals surface area contributed by atoms with E-state index in [0.717, 1.165) is 23.3 Å². The highest BCUT2D eigenvalue weighted by Gasteiger charge is 2.40. The van der Waals surface area contributed by atoms with Crippen LogP contribution in [-0.2, 0) is 17.5 Å². The number of carbonyl (C=O) groups excluding carboxylic acids is 1. The molecule has 6 nitrogen and oxygen atoms in total. The van der Waals surface area contributed by atoms with Crippen LogP contribution in [0.15, 0.2) is 48.9 Å². The van der Waals surface area contributed by atoms with E-state index in [9.17, 15) is 18.0 Å². The summed E-state index contributed by atoms with van der Waals surface area (Å²) >= 11 is 6.02. The van der Waals surface area contributed by atoms with Gasteiger partial charge in [-0.2, -0.15) is 13.2 Å². The van der Waals surface area contributed by atoms with Gasteiger partial charge < -0.3 is 18.8 Å². The van der Waals surface area contributed by atoms with Crippen LogP contribution in [0.3, 0.4) is 0 Å². The maximum atomic E-state index is 13.0. The monoisotopic (exact) mass is 495 g/mol. The molecule has 1 amide bonds. The first-order valence-electron chi connectivity index (χ1n) is 10.8. The summed E-state index contributed by atoms with van der Waals surface area (Å²) in [5, 5.41) is -0.103. The number of carbonyl (C=O) groups is 1. The van der Waals surface area contributed by atoms with Crippen LogP contribution in [-0.4, -0.2) is 38.1 Å². The first-order chi connectivity index (χ1) is 15.9. The van der Waals surface area contributed by atoms with Gasteiger partial charge >= 0.3 is 12.3 Å². The van der Waals surface area contributed by atoms with E-state index in [-0.39, 0.29) is 22.9 Å². The first kappa shape index (κ1) is 24.2. The van der Waals surface area contributed by atoms with Crippen molar-refractivity contribution in [1.29, 1.82) is 0 Å². The minimum atomic E-state index is -4.48. The Balaban J connectivity index is 1.47. The smallest absolute Gasteiger partial charge is 0.416 e. The molecular weight excluding hydrogens is 471 g/mol. The molecule has 10 heteroatoms. The molecule has 1 fully saturated rings. The molecule has 2 heterocycles. The van der Waals surface area contributed by atoms with Crippen LogP contribution in [0, 0.1) is 0 Å². The number of nitrogens with zero attached hydrogens (tertiary/aromatic N) is 3. The summed E-state index contributed by atoms with van der Waals surface area (Å²) in [4.78, 5) is 19.1. The Morgan fingerprint density at radius 3 is 2.59 bits per heavy atom. The summed E-state index contributed by atoms with van der Waals surface area (Å²) in [5.74, 6) is 0.184. The fourth-order valence-corrected chi connectivity index (χ4v) is 4.04. The number of imidazole rings is 1. The maximum Gasteiger partial charge on any atom is 0.416 e. The van der Waals surface area contributed by atoms with E-state index in [1.165, 1.54) is 6.07 Å². The predicted molar refractivity (Wildman–Crippen MR) is 121 cm³/mol. The van der Waals surface area contributed by atoms with Gasteiger partial charge in [-0.1, -0.05) is 17.7 Å². The third-order valence-electron chi connectivity index (χ3n) is 5.53. The van der Waals surface area contributed by atoms with Crippen molar-refractivity contribution in [1.82, 2.24) is 14.3 Å². The molecule has 2 aromatic heterocycles. The van der Waals surface area contributed by atoms with Gasteiger partial charge in [-0.25, -0.2) is 9.78 Å². The number of rotatable bonds is 5. The van der Waals surface area contributed by atoms with Gasteiger partial charge in [0.15, 0.2) is 0 Å². The van der Waals surface area contributed by atoms with Gasteiger partial charge in [0, 0.05) is 43.0 Å². The standard InChI is InChI=1S/C24H25ClF3N3O3/c1-23(2,3)34-22(32)31(14-15-5-4-9-30-10-8-29-21(15)30)17-12-18(13-17)33-20-7-6-16(11-19(20)25)24(26,27)28/h4-11,17-18H,12-14H2,1-3H3. The second-order valence-electron chi connectivity index (χ2n) is 9.31. The predicted octanol–water partition coefficient (Wildman–Crippen LogP) is 6.35. The molecule has 0 radical (unpaired) electrons. The van der Waals surface area contributed by atoms with Crippen molar-refractivity contribution >= 4 is 23.3 Å². The van der Waals surface area contributed by atoms with Crippen molar-refractivity contribution < 1.29 is 27.4 Å². The Bertz CT molecular complexity index is 1180. The van der Waals surface area contributed by atoms with Crippen molar-refractivity contribution in [2.75, 3.05) is 0 Å². The molecule has 34 heavy (non-hydrogen) atoms. The Kier molecular flexibility index (Phi) is 6.42. The van der Waals surface area contributed by atoms with Crippen LogP contribution in [0.5, 0.6) is 5.75 Å². The van der Waals surface area contributed by atoms with Crippen molar-refractivity contribution in [3.05, 3.63) is 65.1 Å². The van der Waals surface area contributed by atoms with Crippen LogP contribution >= 0.6 is 11.6 Å². The zero-order valence-corrected chi connectivity index (χ0v) is 19.7. The molecule has 1 aliphatic rings. The molecule has 4 rings (SSSR count). The Morgan fingerprint density at radius 2 is 1.94 bits per heavy atom. The summed E-state index contributed by atoms with van der Waals surface area (Å²) in [6.45, 7) is 5.71. The van der Waals surface area contributed by atoms with Gasteiger partial charge in [0.1, 0.15) is 23.1 Å². The van der Waals surface area contributed by atoms with E-state index < -0.39 is 23.4 Å². The van der Waals surface area contributed by atoms with Crippen LogP contribution in [0.1, 0.15) is 44.7 Å².